The first kappa shape index (κ1) is 65.1. The molecule has 0 saturated heterocycles. The number of hydrogen-bond acceptors (Lipinski definition) is 4. The SMILES string of the molecule is CCCCCCCCCCCCCCCCCCC/C=C/CCCC(O)C(O)C(CO)NC(=O)CCCCCCCCCCCCCCCCCCCCCCCCCCCCCCCC. The maximum Gasteiger partial charge on any atom is 0.220 e. The second kappa shape index (κ2) is 56.7. The van der Waals surface area contributed by atoms with Gasteiger partial charge in [0.25, 0.3) is 0 Å². The van der Waals surface area contributed by atoms with Gasteiger partial charge in [0.15, 0.2) is 0 Å². The molecule has 0 bridgehead atoms. The Morgan fingerprint density at radius 3 is 0.879 bits per heavy atom. The molecule has 5 heteroatoms. The van der Waals surface area contributed by atoms with Crippen LogP contribution < -0.4 is 5.32 Å². The first-order valence-electron chi connectivity index (χ1n) is 30.5. The Morgan fingerprint density at radius 2 is 0.606 bits per heavy atom. The van der Waals surface area contributed by atoms with Crippen LogP contribution >= 0.6 is 0 Å². The van der Waals surface area contributed by atoms with E-state index in [4.69, 9.17) is 0 Å². The van der Waals surface area contributed by atoms with E-state index in [1.165, 1.54) is 283 Å². The van der Waals surface area contributed by atoms with Crippen molar-refractivity contribution in [1.29, 1.82) is 0 Å². The Morgan fingerprint density at radius 1 is 0.364 bits per heavy atom. The van der Waals surface area contributed by atoms with Gasteiger partial charge in [0.2, 0.25) is 5.91 Å². The number of carbonyl (C=O) groups is 1. The Balaban J connectivity index is 3.49. The third-order valence-electron chi connectivity index (χ3n) is 14.6. The number of aliphatic hydroxyl groups is 3. The molecule has 0 heterocycles. The second-order valence-electron chi connectivity index (χ2n) is 21.3. The van der Waals surface area contributed by atoms with Crippen LogP contribution in [0.5, 0.6) is 0 Å². The molecule has 3 unspecified atom stereocenters. The zero-order valence-corrected chi connectivity index (χ0v) is 45.1. The lowest BCUT2D eigenvalue weighted by Crippen LogP contribution is -2.50. The molecule has 3 atom stereocenters. The molecular formula is C61H121NO4. The molecular weight excluding hydrogens is 811 g/mol. The third kappa shape index (κ3) is 51.0. The fourth-order valence-electron chi connectivity index (χ4n) is 9.93. The highest BCUT2D eigenvalue weighted by molar-refractivity contribution is 5.76. The summed E-state index contributed by atoms with van der Waals surface area (Å²) in [4.78, 5) is 12.5. The maximum atomic E-state index is 12.5. The molecule has 1 amide bonds. The molecule has 4 N–H and O–H groups in total. The fourth-order valence-corrected chi connectivity index (χ4v) is 9.93. The molecule has 0 aromatic heterocycles. The molecule has 0 aliphatic heterocycles. The summed E-state index contributed by atoms with van der Waals surface area (Å²) in [7, 11) is 0. The van der Waals surface area contributed by atoms with Crippen molar-refractivity contribution in [1.82, 2.24) is 5.32 Å². The van der Waals surface area contributed by atoms with Crippen molar-refractivity contribution >= 4 is 5.91 Å². The van der Waals surface area contributed by atoms with Gasteiger partial charge in [-0.15, -0.1) is 0 Å². The zero-order valence-electron chi connectivity index (χ0n) is 45.1. The number of aliphatic hydroxyl groups excluding tert-OH is 3. The lowest BCUT2D eigenvalue weighted by atomic mass is 10.0. The molecule has 0 saturated carbocycles. The van der Waals surface area contributed by atoms with Crippen molar-refractivity contribution in [3.8, 4) is 0 Å². The minimum absolute atomic E-state index is 0.146. The van der Waals surface area contributed by atoms with Gasteiger partial charge < -0.3 is 20.6 Å². The van der Waals surface area contributed by atoms with Crippen LogP contribution in [0.2, 0.25) is 0 Å². The molecule has 0 aliphatic carbocycles. The molecule has 0 aliphatic rings. The molecule has 66 heavy (non-hydrogen) atoms. The van der Waals surface area contributed by atoms with Crippen molar-refractivity contribution in [3.63, 3.8) is 0 Å². The maximum absolute atomic E-state index is 12.5. The largest absolute Gasteiger partial charge is 0.394 e. The number of unbranched alkanes of at least 4 members (excludes halogenated alkanes) is 47. The third-order valence-corrected chi connectivity index (χ3v) is 14.6. The van der Waals surface area contributed by atoms with Crippen molar-refractivity contribution in [2.24, 2.45) is 0 Å². The summed E-state index contributed by atoms with van der Waals surface area (Å²) in [5.74, 6) is -0.146. The second-order valence-corrected chi connectivity index (χ2v) is 21.3. The van der Waals surface area contributed by atoms with Crippen LogP contribution in [0.1, 0.15) is 348 Å². The molecule has 0 aromatic rings. The molecule has 0 spiro atoms. The van der Waals surface area contributed by atoms with Crippen LogP contribution in [0.25, 0.3) is 0 Å². The number of amides is 1. The van der Waals surface area contributed by atoms with Crippen LogP contribution in [0.4, 0.5) is 0 Å². The van der Waals surface area contributed by atoms with Gasteiger partial charge in [-0.1, -0.05) is 315 Å². The first-order valence-corrected chi connectivity index (χ1v) is 30.5. The highest BCUT2D eigenvalue weighted by Crippen LogP contribution is 2.19. The first-order chi connectivity index (χ1) is 32.6. The van der Waals surface area contributed by atoms with E-state index in [2.05, 4.69) is 31.3 Å². The van der Waals surface area contributed by atoms with Gasteiger partial charge in [0, 0.05) is 6.42 Å². The van der Waals surface area contributed by atoms with Crippen LogP contribution in [0.15, 0.2) is 12.2 Å². The average molecular weight is 933 g/mol. The van der Waals surface area contributed by atoms with Gasteiger partial charge in [-0.25, -0.2) is 0 Å². The highest BCUT2D eigenvalue weighted by atomic mass is 16.3. The van der Waals surface area contributed by atoms with E-state index in [0.717, 1.165) is 38.5 Å². The summed E-state index contributed by atoms with van der Waals surface area (Å²) >= 11 is 0. The zero-order chi connectivity index (χ0) is 47.9. The van der Waals surface area contributed by atoms with Crippen LogP contribution in [-0.2, 0) is 4.79 Å². The van der Waals surface area contributed by atoms with E-state index in [9.17, 15) is 20.1 Å². The Bertz CT molecular complexity index is 940. The fraction of sp³-hybridized carbons (Fsp3) is 0.951. The van der Waals surface area contributed by atoms with E-state index >= 15 is 0 Å². The lowest BCUT2D eigenvalue weighted by Gasteiger charge is -2.26. The molecule has 0 aromatic carbocycles. The van der Waals surface area contributed by atoms with E-state index in [1.807, 2.05) is 0 Å². The summed E-state index contributed by atoms with van der Waals surface area (Å²) in [5, 5.41) is 33.8. The Labute approximate surface area is 414 Å². The number of carbonyl (C=O) groups excluding carboxylic acids is 1. The van der Waals surface area contributed by atoms with E-state index in [-0.39, 0.29) is 12.5 Å². The van der Waals surface area contributed by atoms with E-state index in [0.29, 0.717) is 12.8 Å². The predicted molar refractivity (Wildman–Crippen MR) is 292 cm³/mol. The summed E-state index contributed by atoms with van der Waals surface area (Å²) in [5.41, 5.74) is 0. The Kier molecular flexibility index (Phi) is 55.9. The van der Waals surface area contributed by atoms with E-state index in [1.54, 1.807) is 0 Å². The number of hydrogen-bond donors (Lipinski definition) is 4. The van der Waals surface area contributed by atoms with Crippen LogP contribution in [0.3, 0.4) is 0 Å². The van der Waals surface area contributed by atoms with Gasteiger partial charge in [0.1, 0.15) is 6.10 Å². The smallest absolute Gasteiger partial charge is 0.220 e. The monoisotopic (exact) mass is 932 g/mol. The van der Waals surface area contributed by atoms with E-state index < -0.39 is 18.2 Å². The molecule has 0 fully saturated rings. The quantitative estimate of drug-likeness (QED) is 0.0361. The van der Waals surface area contributed by atoms with Gasteiger partial charge in [-0.2, -0.15) is 0 Å². The summed E-state index contributed by atoms with van der Waals surface area (Å²) in [6.07, 6.45) is 71.1. The standard InChI is InChI=1S/C61H121NO4/c1-3-5-7-9-11-13-15-17-19-21-23-25-27-28-29-30-31-32-33-34-36-38-40-42-44-46-48-50-52-54-56-60(65)62-58(57-63)61(66)59(64)55-53-51-49-47-45-43-41-39-37-35-26-24-22-20-18-16-14-12-10-8-6-4-2/h47,49,58-59,61,63-64,66H,3-46,48,50-57H2,1-2H3,(H,62,65)/b49-47+. The lowest BCUT2D eigenvalue weighted by molar-refractivity contribution is -0.124. The molecule has 0 rings (SSSR count). The summed E-state index contributed by atoms with van der Waals surface area (Å²) < 4.78 is 0. The van der Waals surface area contributed by atoms with Gasteiger partial charge in [-0.3, -0.25) is 4.79 Å². The Hall–Kier alpha value is -0.910. The number of allylic oxidation sites excluding steroid dienone is 2. The minimum atomic E-state index is -1.16. The number of rotatable bonds is 57. The van der Waals surface area contributed by atoms with Crippen LogP contribution in [-0.4, -0.2) is 46.1 Å². The molecule has 394 valence electrons. The number of nitrogens with one attached hydrogen (secondary N) is 1. The minimum Gasteiger partial charge on any atom is -0.394 e. The van der Waals surface area contributed by atoms with Gasteiger partial charge in [0.05, 0.1) is 18.8 Å². The van der Waals surface area contributed by atoms with Crippen molar-refractivity contribution in [2.75, 3.05) is 6.61 Å². The predicted octanol–water partition coefficient (Wildman–Crippen LogP) is 19.1. The van der Waals surface area contributed by atoms with Crippen molar-refractivity contribution in [3.05, 3.63) is 12.2 Å². The topological polar surface area (TPSA) is 89.8 Å². The average Bonchev–Trinajstić information content (AvgIpc) is 3.32. The molecule has 5 nitrogen and oxygen atoms in total. The molecule has 0 radical (unpaired) electrons. The van der Waals surface area contributed by atoms with Crippen molar-refractivity contribution in [2.45, 2.75) is 366 Å². The summed E-state index contributed by atoms with van der Waals surface area (Å²) in [6.45, 7) is 4.22. The summed E-state index contributed by atoms with van der Waals surface area (Å²) in [6, 6.07) is -0.823. The highest BCUT2D eigenvalue weighted by Gasteiger charge is 2.26. The van der Waals surface area contributed by atoms with Gasteiger partial charge >= 0.3 is 0 Å². The van der Waals surface area contributed by atoms with Crippen molar-refractivity contribution < 1.29 is 20.1 Å². The van der Waals surface area contributed by atoms with Gasteiger partial charge in [-0.05, 0) is 38.5 Å². The normalized spacial score (nSPS) is 13.2. The van der Waals surface area contributed by atoms with Crippen LogP contribution in [0, 0.1) is 0 Å².